The number of aromatic nitrogens is 1. The fourth-order valence-corrected chi connectivity index (χ4v) is 4.19. The lowest BCUT2D eigenvalue weighted by Crippen LogP contribution is -2.26. The first-order valence-electron chi connectivity index (χ1n) is 10.4. The fraction of sp³-hybridized carbons (Fsp3) is 0.400. The summed E-state index contributed by atoms with van der Waals surface area (Å²) < 4.78 is 70.9. The molecule has 3 rings (SSSR count). The Hall–Kier alpha value is -2.92. The summed E-state index contributed by atoms with van der Waals surface area (Å²) in [6.07, 6.45) is -5.64. The zero-order valence-electron chi connectivity index (χ0n) is 19.1. The minimum absolute atomic E-state index is 0.0999. The molecule has 2 aromatic carbocycles. The molecule has 0 saturated carbocycles. The topological polar surface area (TPSA) is 32.0 Å². The highest BCUT2D eigenvalue weighted by Gasteiger charge is 2.35. The van der Waals surface area contributed by atoms with E-state index in [9.17, 15) is 27.2 Å². The van der Waals surface area contributed by atoms with Crippen LogP contribution < -0.4 is 0 Å². The van der Waals surface area contributed by atoms with Crippen LogP contribution in [0.25, 0.3) is 22.0 Å². The minimum atomic E-state index is -4.65. The fourth-order valence-electron chi connectivity index (χ4n) is 4.19. The van der Waals surface area contributed by atoms with Crippen molar-refractivity contribution >= 4 is 10.9 Å². The second-order valence-electron chi connectivity index (χ2n) is 9.59. The molecule has 0 saturated heterocycles. The van der Waals surface area contributed by atoms with Crippen molar-refractivity contribution in [3.05, 3.63) is 59.3 Å². The Morgan fingerprint density at radius 3 is 2.24 bits per heavy atom. The summed E-state index contributed by atoms with van der Waals surface area (Å²) >= 11 is 0. The van der Waals surface area contributed by atoms with Crippen LogP contribution in [-0.2, 0) is 12.7 Å². The first-order valence-corrected chi connectivity index (χ1v) is 10.4. The van der Waals surface area contributed by atoms with E-state index in [2.05, 4.69) is 0 Å². The van der Waals surface area contributed by atoms with Gasteiger partial charge in [0.2, 0.25) is 0 Å². The summed E-state index contributed by atoms with van der Waals surface area (Å²) in [7, 11) is 3.13. The summed E-state index contributed by atoms with van der Waals surface area (Å²) in [6.45, 7) is 6.45. The summed E-state index contributed by atoms with van der Waals surface area (Å²) in [4.78, 5) is 1.43. The van der Waals surface area contributed by atoms with E-state index in [4.69, 9.17) is 0 Å². The van der Waals surface area contributed by atoms with E-state index in [0.717, 1.165) is 6.07 Å². The molecule has 0 radical (unpaired) electrons. The first-order chi connectivity index (χ1) is 15.2. The van der Waals surface area contributed by atoms with Gasteiger partial charge in [-0.1, -0.05) is 39.0 Å². The molecule has 0 aliphatic rings. The zero-order chi connectivity index (χ0) is 24.7. The predicted molar refractivity (Wildman–Crippen MR) is 119 cm³/mol. The maximum Gasteiger partial charge on any atom is 0.417 e. The number of hydrogen-bond acceptors (Lipinski definition) is 2. The van der Waals surface area contributed by atoms with E-state index < -0.39 is 24.2 Å². The van der Waals surface area contributed by atoms with E-state index in [1.165, 1.54) is 23.1 Å². The van der Waals surface area contributed by atoms with Crippen LogP contribution in [0.5, 0.6) is 0 Å². The molecule has 1 aromatic heterocycles. The van der Waals surface area contributed by atoms with Gasteiger partial charge in [-0.3, -0.25) is 4.90 Å². The lowest BCUT2D eigenvalue weighted by Gasteiger charge is -2.23. The Morgan fingerprint density at radius 2 is 1.73 bits per heavy atom. The summed E-state index contributed by atoms with van der Waals surface area (Å²) in [5.41, 5.74) is -0.260. The van der Waals surface area contributed by atoms with Crippen molar-refractivity contribution in [3.8, 4) is 17.2 Å². The molecule has 176 valence electrons. The Morgan fingerprint density at radius 1 is 1.06 bits per heavy atom. The van der Waals surface area contributed by atoms with Crippen LogP contribution in [0.1, 0.15) is 43.5 Å². The quantitative estimate of drug-likeness (QED) is 0.378. The number of rotatable bonds is 5. The average molecular weight is 463 g/mol. The van der Waals surface area contributed by atoms with Gasteiger partial charge in [0.15, 0.2) is 0 Å². The second-order valence-corrected chi connectivity index (χ2v) is 9.59. The third-order valence-corrected chi connectivity index (χ3v) is 5.45. The van der Waals surface area contributed by atoms with E-state index in [1.54, 1.807) is 32.4 Å². The Kier molecular flexibility index (Phi) is 6.58. The maximum absolute atomic E-state index is 13.9. The number of halogens is 5. The molecule has 3 aromatic rings. The third kappa shape index (κ3) is 5.03. The number of alkyl halides is 5. The van der Waals surface area contributed by atoms with E-state index in [1.807, 2.05) is 31.4 Å². The molecule has 0 spiro atoms. The lowest BCUT2D eigenvalue weighted by atomic mass is 9.93. The van der Waals surface area contributed by atoms with E-state index >= 15 is 0 Å². The van der Waals surface area contributed by atoms with Crippen molar-refractivity contribution in [3.63, 3.8) is 0 Å². The molecule has 1 heterocycles. The van der Waals surface area contributed by atoms with Gasteiger partial charge in [0.1, 0.15) is 0 Å². The van der Waals surface area contributed by atoms with Gasteiger partial charge in [0.05, 0.1) is 23.2 Å². The Labute approximate surface area is 190 Å². The van der Waals surface area contributed by atoms with Gasteiger partial charge >= 0.3 is 6.18 Å². The number of nitrogens with zero attached hydrogens (tertiary/aromatic N) is 3. The largest absolute Gasteiger partial charge is 0.417 e. The number of hydrogen-bond donors (Lipinski definition) is 0. The standard InChI is InChI=1S/C25H26F5N3/c1-24(2,3)14-33-13-18(22(23(26)27)32(4)5)17-10-9-15(11-20(17)33)21-16(12-31)7-6-8-19(21)25(28,29)30/h6-11,13,22-23H,14H2,1-5H3. The van der Waals surface area contributed by atoms with Crippen molar-refractivity contribution in [2.24, 2.45) is 5.41 Å². The van der Waals surface area contributed by atoms with Crippen molar-refractivity contribution in [1.29, 1.82) is 5.26 Å². The van der Waals surface area contributed by atoms with Gasteiger partial charge in [-0.2, -0.15) is 18.4 Å². The van der Waals surface area contributed by atoms with Crippen molar-refractivity contribution in [1.82, 2.24) is 9.47 Å². The van der Waals surface area contributed by atoms with Crippen LogP contribution in [0.4, 0.5) is 22.0 Å². The van der Waals surface area contributed by atoms with Gasteiger partial charge in [0, 0.05) is 34.8 Å². The monoisotopic (exact) mass is 463 g/mol. The highest BCUT2D eigenvalue weighted by molar-refractivity contribution is 5.90. The van der Waals surface area contributed by atoms with E-state index in [-0.39, 0.29) is 22.1 Å². The van der Waals surface area contributed by atoms with Crippen molar-refractivity contribution in [2.75, 3.05) is 14.1 Å². The van der Waals surface area contributed by atoms with Crippen LogP contribution in [-0.4, -0.2) is 30.0 Å². The highest BCUT2D eigenvalue weighted by Crippen LogP contribution is 2.41. The molecule has 0 fully saturated rings. The van der Waals surface area contributed by atoms with Crippen molar-refractivity contribution in [2.45, 2.75) is 46.0 Å². The van der Waals surface area contributed by atoms with E-state index in [0.29, 0.717) is 23.0 Å². The molecular formula is C25H26F5N3. The average Bonchev–Trinajstić information content (AvgIpc) is 3.01. The number of nitriles is 1. The molecule has 0 N–H and O–H groups in total. The maximum atomic E-state index is 13.9. The highest BCUT2D eigenvalue weighted by atomic mass is 19.4. The molecule has 1 atom stereocenters. The molecule has 0 bridgehead atoms. The van der Waals surface area contributed by atoms with Crippen LogP contribution >= 0.6 is 0 Å². The molecule has 0 amide bonds. The van der Waals surface area contributed by atoms with Crippen molar-refractivity contribution < 1.29 is 22.0 Å². The zero-order valence-corrected chi connectivity index (χ0v) is 19.1. The molecule has 0 aliphatic carbocycles. The molecule has 3 nitrogen and oxygen atoms in total. The van der Waals surface area contributed by atoms with Gasteiger partial charge in [-0.15, -0.1) is 0 Å². The first kappa shape index (κ1) is 24.7. The Bertz CT molecular complexity index is 1190. The molecule has 0 aliphatic heterocycles. The SMILES string of the molecule is CN(C)C(c1cn(CC(C)(C)C)c2cc(-c3c(C#N)cccc3C(F)(F)F)ccc12)C(F)F. The predicted octanol–water partition coefficient (Wildman–Crippen LogP) is 7.11. The summed E-state index contributed by atoms with van der Waals surface area (Å²) in [5, 5.41) is 10.0. The molecule has 1 unspecified atom stereocenters. The van der Waals surface area contributed by atoms with Gasteiger partial charge in [-0.05, 0) is 43.3 Å². The van der Waals surface area contributed by atoms with Crippen LogP contribution in [0.15, 0.2) is 42.6 Å². The van der Waals surface area contributed by atoms with Gasteiger partial charge in [0.25, 0.3) is 6.43 Å². The molecular weight excluding hydrogens is 437 g/mol. The Balaban J connectivity index is 2.34. The smallest absolute Gasteiger partial charge is 0.347 e. The second kappa shape index (κ2) is 8.79. The lowest BCUT2D eigenvalue weighted by molar-refractivity contribution is -0.137. The van der Waals surface area contributed by atoms with Crippen LogP contribution in [0.2, 0.25) is 0 Å². The summed E-state index contributed by atoms with van der Waals surface area (Å²) in [5.74, 6) is 0. The molecule has 33 heavy (non-hydrogen) atoms. The third-order valence-electron chi connectivity index (χ3n) is 5.45. The number of fused-ring (bicyclic) bond motifs is 1. The van der Waals surface area contributed by atoms with Crippen LogP contribution in [0.3, 0.4) is 0 Å². The minimum Gasteiger partial charge on any atom is -0.347 e. The normalized spacial score (nSPS) is 13.7. The summed E-state index contributed by atoms with van der Waals surface area (Å²) in [6, 6.07) is 8.77. The molecule has 8 heteroatoms. The van der Waals surface area contributed by atoms with Gasteiger partial charge < -0.3 is 4.57 Å². The van der Waals surface area contributed by atoms with Gasteiger partial charge in [-0.25, -0.2) is 8.78 Å². The number of benzene rings is 2. The van der Waals surface area contributed by atoms with Crippen LogP contribution in [0, 0.1) is 16.7 Å².